The largest absolute Gasteiger partial charge is 0.480 e. The fourth-order valence-corrected chi connectivity index (χ4v) is 1.59. The standard InChI is InChI=1S/C12H16N2O4/c1-4-10(12(13)15)18-11-6-7(2)9(14(16)17)5-8(11)3/h5-6,10H,4H2,1-3H3,(H2,13,15). The van der Waals surface area contributed by atoms with Gasteiger partial charge in [-0.15, -0.1) is 0 Å². The number of ether oxygens (including phenoxy) is 1. The number of benzene rings is 1. The predicted molar refractivity (Wildman–Crippen MR) is 66.5 cm³/mol. The number of hydrogen-bond acceptors (Lipinski definition) is 4. The van der Waals surface area contributed by atoms with Crippen molar-refractivity contribution in [1.29, 1.82) is 0 Å². The van der Waals surface area contributed by atoms with Crippen molar-refractivity contribution in [2.45, 2.75) is 33.3 Å². The van der Waals surface area contributed by atoms with Crippen LogP contribution in [0.25, 0.3) is 0 Å². The maximum absolute atomic E-state index is 11.1. The van der Waals surface area contributed by atoms with E-state index < -0.39 is 16.9 Å². The first-order valence-corrected chi connectivity index (χ1v) is 5.58. The molecule has 0 aliphatic carbocycles. The van der Waals surface area contributed by atoms with Gasteiger partial charge in [0.15, 0.2) is 6.10 Å². The zero-order valence-corrected chi connectivity index (χ0v) is 10.6. The number of nitrogens with two attached hydrogens (primary N) is 1. The summed E-state index contributed by atoms with van der Waals surface area (Å²) in [4.78, 5) is 21.4. The molecule has 0 saturated heterocycles. The summed E-state index contributed by atoms with van der Waals surface area (Å²) < 4.78 is 5.47. The van der Waals surface area contributed by atoms with Crippen molar-refractivity contribution in [3.8, 4) is 5.75 Å². The highest BCUT2D eigenvalue weighted by Crippen LogP contribution is 2.28. The number of aryl methyl sites for hydroxylation is 2. The molecule has 2 N–H and O–H groups in total. The molecule has 0 aliphatic rings. The number of nitrogens with zero attached hydrogens (tertiary/aromatic N) is 1. The van der Waals surface area contributed by atoms with Gasteiger partial charge in [-0.2, -0.15) is 0 Å². The van der Waals surface area contributed by atoms with E-state index in [1.807, 2.05) is 0 Å². The van der Waals surface area contributed by atoms with Crippen LogP contribution in [0.15, 0.2) is 12.1 Å². The first-order chi connectivity index (χ1) is 8.36. The number of amides is 1. The molecule has 1 aromatic carbocycles. The van der Waals surface area contributed by atoms with Gasteiger partial charge < -0.3 is 10.5 Å². The van der Waals surface area contributed by atoms with E-state index in [4.69, 9.17) is 10.5 Å². The summed E-state index contributed by atoms with van der Waals surface area (Å²) in [6, 6.07) is 2.98. The monoisotopic (exact) mass is 252 g/mol. The van der Waals surface area contributed by atoms with Gasteiger partial charge in [0.05, 0.1) is 4.92 Å². The number of primary amides is 1. The van der Waals surface area contributed by atoms with Crippen LogP contribution in [0.4, 0.5) is 5.69 Å². The molecule has 1 unspecified atom stereocenters. The zero-order valence-electron chi connectivity index (χ0n) is 10.6. The molecule has 0 fully saturated rings. The molecular formula is C12H16N2O4. The zero-order chi connectivity index (χ0) is 13.9. The Morgan fingerprint density at radius 2 is 2.06 bits per heavy atom. The summed E-state index contributed by atoms with van der Waals surface area (Å²) in [5.41, 5.74) is 6.31. The van der Waals surface area contributed by atoms with Gasteiger partial charge >= 0.3 is 0 Å². The normalized spacial score (nSPS) is 11.9. The number of nitro benzene ring substituents is 1. The molecule has 1 atom stereocenters. The average molecular weight is 252 g/mol. The SMILES string of the molecule is CCC(Oc1cc(C)c([N+](=O)[O-])cc1C)C(N)=O. The molecule has 6 nitrogen and oxygen atoms in total. The number of hydrogen-bond donors (Lipinski definition) is 1. The predicted octanol–water partition coefficient (Wildman–Crippen LogP) is 1.85. The maximum Gasteiger partial charge on any atom is 0.272 e. The van der Waals surface area contributed by atoms with Crippen molar-refractivity contribution in [2.24, 2.45) is 5.73 Å². The molecule has 0 spiro atoms. The van der Waals surface area contributed by atoms with Crippen LogP contribution in [0.2, 0.25) is 0 Å². The molecule has 18 heavy (non-hydrogen) atoms. The van der Waals surface area contributed by atoms with E-state index >= 15 is 0 Å². The Morgan fingerprint density at radius 3 is 2.50 bits per heavy atom. The molecule has 1 rings (SSSR count). The van der Waals surface area contributed by atoms with Crippen molar-refractivity contribution in [1.82, 2.24) is 0 Å². The van der Waals surface area contributed by atoms with E-state index in [1.165, 1.54) is 6.07 Å². The van der Waals surface area contributed by atoms with Crippen LogP contribution in [0.3, 0.4) is 0 Å². The van der Waals surface area contributed by atoms with Gasteiger partial charge in [0, 0.05) is 11.6 Å². The van der Waals surface area contributed by atoms with Gasteiger partial charge in [-0.05, 0) is 31.9 Å². The number of nitro groups is 1. The molecule has 6 heteroatoms. The Morgan fingerprint density at radius 1 is 1.44 bits per heavy atom. The van der Waals surface area contributed by atoms with Gasteiger partial charge in [0.1, 0.15) is 5.75 Å². The second-order valence-corrected chi connectivity index (χ2v) is 4.08. The molecule has 0 bridgehead atoms. The highest BCUT2D eigenvalue weighted by molar-refractivity contribution is 5.79. The van der Waals surface area contributed by atoms with Crippen LogP contribution in [0, 0.1) is 24.0 Å². The van der Waals surface area contributed by atoms with E-state index in [0.717, 1.165) is 0 Å². The van der Waals surface area contributed by atoms with E-state index in [0.29, 0.717) is 23.3 Å². The first-order valence-electron chi connectivity index (χ1n) is 5.58. The summed E-state index contributed by atoms with van der Waals surface area (Å²) in [7, 11) is 0. The number of rotatable bonds is 5. The third-order valence-corrected chi connectivity index (χ3v) is 2.65. The third-order valence-electron chi connectivity index (χ3n) is 2.65. The highest BCUT2D eigenvalue weighted by Gasteiger charge is 2.19. The minimum absolute atomic E-state index is 0.0342. The van der Waals surface area contributed by atoms with Crippen LogP contribution >= 0.6 is 0 Å². The first kappa shape index (κ1) is 14.0. The second kappa shape index (κ2) is 5.48. The summed E-state index contributed by atoms with van der Waals surface area (Å²) >= 11 is 0. The molecule has 1 amide bonds. The fraction of sp³-hybridized carbons (Fsp3) is 0.417. The molecule has 0 heterocycles. The Kier molecular flexibility index (Phi) is 4.25. The van der Waals surface area contributed by atoms with Crippen LogP contribution in [-0.2, 0) is 4.79 Å². The van der Waals surface area contributed by atoms with Gasteiger partial charge in [-0.25, -0.2) is 0 Å². The van der Waals surface area contributed by atoms with Crippen molar-refractivity contribution in [3.05, 3.63) is 33.4 Å². The Hall–Kier alpha value is -2.11. The van der Waals surface area contributed by atoms with Gasteiger partial charge in [0.2, 0.25) is 0 Å². The minimum atomic E-state index is -0.718. The average Bonchev–Trinajstić information content (AvgIpc) is 2.28. The molecule has 98 valence electrons. The molecule has 0 radical (unpaired) electrons. The third kappa shape index (κ3) is 2.97. The summed E-state index contributed by atoms with van der Waals surface area (Å²) in [5.74, 6) is -0.100. The lowest BCUT2D eigenvalue weighted by Gasteiger charge is -2.16. The van der Waals surface area contributed by atoms with Crippen molar-refractivity contribution >= 4 is 11.6 Å². The van der Waals surface area contributed by atoms with Crippen molar-refractivity contribution in [3.63, 3.8) is 0 Å². The van der Waals surface area contributed by atoms with Gasteiger partial charge in [-0.1, -0.05) is 6.92 Å². The van der Waals surface area contributed by atoms with E-state index in [-0.39, 0.29) is 5.69 Å². The molecule has 0 aromatic heterocycles. The molecular weight excluding hydrogens is 236 g/mol. The molecule has 0 saturated carbocycles. The number of carbonyl (C=O) groups is 1. The van der Waals surface area contributed by atoms with Crippen molar-refractivity contribution < 1.29 is 14.5 Å². The Balaban J connectivity index is 3.08. The molecule has 0 aliphatic heterocycles. The Labute approximate surface area is 105 Å². The second-order valence-electron chi connectivity index (χ2n) is 4.08. The van der Waals surface area contributed by atoms with Crippen LogP contribution < -0.4 is 10.5 Å². The summed E-state index contributed by atoms with van der Waals surface area (Å²) in [6.07, 6.45) is -0.269. The smallest absolute Gasteiger partial charge is 0.272 e. The minimum Gasteiger partial charge on any atom is -0.480 e. The summed E-state index contributed by atoms with van der Waals surface area (Å²) in [5, 5.41) is 10.8. The highest BCUT2D eigenvalue weighted by atomic mass is 16.6. The lowest BCUT2D eigenvalue weighted by molar-refractivity contribution is -0.385. The van der Waals surface area contributed by atoms with E-state index in [2.05, 4.69) is 0 Å². The maximum atomic E-state index is 11.1. The van der Waals surface area contributed by atoms with Gasteiger partial charge in [-0.3, -0.25) is 14.9 Å². The van der Waals surface area contributed by atoms with Crippen LogP contribution in [0.5, 0.6) is 5.75 Å². The topological polar surface area (TPSA) is 95.5 Å². The molecule has 1 aromatic rings. The van der Waals surface area contributed by atoms with Crippen molar-refractivity contribution in [2.75, 3.05) is 0 Å². The Bertz CT molecular complexity index is 485. The van der Waals surface area contributed by atoms with E-state index in [9.17, 15) is 14.9 Å². The van der Waals surface area contributed by atoms with Gasteiger partial charge in [0.25, 0.3) is 11.6 Å². The fourth-order valence-electron chi connectivity index (χ4n) is 1.59. The number of carbonyl (C=O) groups excluding carboxylic acids is 1. The quantitative estimate of drug-likeness (QED) is 0.639. The lowest BCUT2D eigenvalue weighted by Crippen LogP contribution is -2.33. The van der Waals surface area contributed by atoms with E-state index in [1.54, 1.807) is 26.8 Å². The summed E-state index contributed by atoms with van der Waals surface area (Å²) in [6.45, 7) is 5.09. The van der Waals surface area contributed by atoms with Crippen LogP contribution in [-0.4, -0.2) is 16.9 Å². The lowest BCUT2D eigenvalue weighted by atomic mass is 10.1. The van der Waals surface area contributed by atoms with Crippen LogP contribution in [0.1, 0.15) is 24.5 Å².